The Labute approximate surface area is 135 Å². The fourth-order valence-corrected chi connectivity index (χ4v) is 3.22. The summed E-state index contributed by atoms with van der Waals surface area (Å²) in [7, 11) is -6.02. The van der Waals surface area contributed by atoms with E-state index >= 15 is 0 Å². The van der Waals surface area contributed by atoms with Gasteiger partial charge in [0, 0.05) is 16.6 Å². The average molecular weight is 428 g/mol. The summed E-state index contributed by atoms with van der Waals surface area (Å²) >= 11 is 3.07. The minimum absolute atomic E-state index is 0.0425. The van der Waals surface area contributed by atoms with Crippen molar-refractivity contribution in [3.8, 4) is 0 Å². The second-order valence-electron chi connectivity index (χ2n) is 4.64. The predicted molar refractivity (Wildman–Crippen MR) is 71.1 cm³/mol. The van der Waals surface area contributed by atoms with Gasteiger partial charge < -0.3 is 4.90 Å². The molecule has 1 atom stereocenters. The molecule has 0 aliphatic carbocycles. The predicted octanol–water partition coefficient (Wildman–Crippen LogP) is 3.57. The van der Waals surface area contributed by atoms with Crippen molar-refractivity contribution in [2.24, 2.45) is 0 Å². The van der Waals surface area contributed by atoms with Crippen molar-refractivity contribution in [2.75, 3.05) is 11.4 Å². The molecule has 1 heterocycles. The summed E-state index contributed by atoms with van der Waals surface area (Å²) in [5.74, 6) is 0. The normalized spacial score (nSPS) is 19.1. The Morgan fingerprint density at radius 1 is 1.22 bits per heavy atom. The quantitative estimate of drug-likeness (QED) is 0.420. The molecule has 1 aromatic carbocycles. The lowest BCUT2D eigenvalue weighted by molar-refractivity contribution is -0.123. The first kappa shape index (κ1) is 18.3. The molecule has 0 bridgehead atoms. The lowest BCUT2D eigenvalue weighted by Gasteiger charge is -2.28. The Bertz CT molecular complexity index is 703. The van der Waals surface area contributed by atoms with Crippen LogP contribution in [0.15, 0.2) is 22.7 Å². The number of rotatable bonds is 3. The molecule has 1 aliphatic heterocycles. The van der Waals surface area contributed by atoms with Gasteiger partial charge in [0.1, 0.15) is 6.54 Å². The van der Waals surface area contributed by atoms with E-state index in [0.29, 0.717) is 9.37 Å². The molecule has 130 valence electrons. The van der Waals surface area contributed by atoms with Gasteiger partial charge in [-0.2, -0.15) is 34.8 Å². The van der Waals surface area contributed by atoms with Crippen LogP contribution in [-0.4, -0.2) is 32.9 Å². The molecule has 0 saturated carbocycles. The Morgan fingerprint density at radius 3 is 2.35 bits per heavy atom. The number of alkyl halides is 6. The van der Waals surface area contributed by atoms with Gasteiger partial charge >= 0.3 is 21.8 Å². The van der Waals surface area contributed by atoms with Crippen molar-refractivity contribution < 1.29 is 38.9 Å². The SMILES string of the molecule is O=S(=O)(OC1Cc2c(Br)cccc2N1CC(F)(F)F)C(F)(F)F. The molecule has 0 fully saturated rings. The molecular weight excluding hydrogens is 420 g/mol. The van der Waals surface area contributed by atoms with E-state index < -0.39 is 41.0 Å². The first-order valence-electron chi connectivity index (χ1n) is 5.92. The maximum absolute atomic E-state index is 12.7. The van der Waals surface area contributed by atoms with Crippen LogP contribution in [0.25, 0.3) is 0 Å². The Morgan fingerprint density at radius 2 is 1.83 bits per heavy atom. The number of fused-ring (bicyclic) bond motifs is 1. The number of benzene rings is 1. The summed E-state index contributed by atoms with van der Waals surface area (Å²) in [6.07, 6.45) is -7.13. The number of anilines is 1. The van der Waals surface area contributed by atoms with Crippen molar-refractivity contribution in [3.63, 3.8) is 0 Å². The summed E-state index contributed by atoms with van der Waals surface area (Å²) in [4.78, 5) is 0.448. The van der Waals surface area contributed by atoms with Gasteiger partial charge in [-0.3, -0.25) is 0 Å². The number of halogens is 7. The minimum atomic E-state index is -6.02. The van der Waals surface area contributed by atoms with Crippen LogP contribution in [0.1, 0.15) is 5.56 Å². The fraction of sp³-hybridized carbons (Fsp3) is 0.455. The van der Waals surface area contributed by atoms with Gasteiger partial charge in [0.2, 0.25) is 0 Å². The monoisotopic (exact) mass is 427 g/mol. The van der Waals surface area contributed by atoms with E-state index in [0.717, 1.165) is 0 Å². The molecule has 0 radical (unpaired) electrons. The Kier molecular flexibility index (Phi) is 4.63. The third-order valence-electron chi connectivity index (χ3n) is 3.00. The molecule has 1 aliphatic rings. The van der Waals surface area contributed by atoms with Gasteiger partial charge in [-0.15, -0.1) is 0 Å². The van der Waals surface area contributed by atoms with Gasteiger partial charge in [0.15, 0.2) is 6.23 Å². The van der Waals surface area contributed by atoms with E-state index in [2.05, 4.69) is 20.1 Å². The first-order chi connectivity index (χ1) is 10.3. The van der Waals surface area contributed by atoms with E-state index in [1.54, 1.807) is 0 Å². The van der Waals surface area contributed by atoms with Crippen molar-refractivity contribution in [2.45, 2.75) is 24.3 Å². The molecule has 2 rings (SSSR count). The maximum Gasteiger partial charge on any atom is 0.523 e. The summed E-state index contributed by atoms with van der Waals surface area (Å²) in [5.41, 5.74) is -5.53. The molecule has 1 aromatic rings. The van der Waals surface area contributed by atoms with Crippen LogP contribution in [-0.2, 0) is 20.7 Å². The zero-order valence-corrected chi connectivity index (χ0v) is 13.4. The van der Waals surface area contributed by atoms with Gasteiger partial charge in [0.25, 0.3) is 0 Å². The molecule has 0 amide bonds. The van der Waals surface area contributed by atoms with E-state index in [1.807, 2.05) is 0 Å². The van der Waals surface area contributed by atoms with Gasteiger partial charge in [-0.1, -0.05) is 22.0 Å². The number of hydrogen-bond donors (Lipinski definition) is 0. The molecule has 0 aromatic heterocycles. The lowest BCUT2D eigenvalue weighted by atomic mass is 10.2. The molecular formula is C11H8BrF6NO3S. The number of hydrogen-bond acceptors (Lipinski definition) is 4. The maximum atomic E-state index is 12.7. The molecule has 0 spiro atoms. The average Bonchev–Trinajstić information content (AvgIpc) is 2.65. The fourth-order valence-electron chi connectivity index (χ4n) is 2.13. The first-order valence-corrected chi connectivity index (χ1v) is 8.12. The Hall–Kier alpha value is -1.01. The van der Waals surface area contributed by atoms with E-state index in [1.165, 1.54) is 18.2 Å². The Balaban J connectivity index is 2.39. The van der Waals surface area contributed by atoms with Gasteiger partial charge in [0.05, 0.1) is 0 Å². The van der Waals surface area contributed by atoms with Crippen LogP contribution in [0.2, 0.25) is 0 Å². The minimum Gasteiger partial charge on any atom is -0.335 e. The smallest absolute Gasteiger partial charge is 0.335 e. The highest BCUT2D eigenvalue weighted by Gasteiger charge is 2.51. The summed E-state index contributed by atoms with van der Waals surface area (Å²) in [6, 6.07) is 4.10. The highest BCUT2D eigenvalue weighted by atomic mass is 79.9. The van der Waals surface area contributed by atoms with Crippen LogP contribution in [0, 0.1) is 0 Å². The summed E-state index contributed by atoms with van der Waals surface area (Å²) in [6.45, 7) is -1.64. The highest BCUT2D eigenvalue weighted by molar-refractivity contribution is 9.10. The van der Waals surface area contributed by atoms with Crippen LogP contribution < -0.4 is 4.90 Å². The van der Waals surface area contributed by atoms with Crippen LogP contribution in [0.5, 0.6) is 0 Å². The van der Waals surface area contributed by atoms with E-state index in [9.17, 15) is 34.8 Å². The van der Waals surface area contributed by atoms with Crippen molar-refractivity contribution in [1.82, 2.24) is 0 Å². The summed E-state index contributed by atoms with van der Waals surface area (Å²) in [5, 5.41) is 0. The second-order valence-corrected chi connectivity index (χ2v) is 7.05. The standard InChI is InChI=1S/C11H8BrF6NO3S/c12-7-2-1-3-8-6(7)4-9(19(8)5-10(13,14)15)22-23(20,21)11(16,17)18/h1-3,9H,4-5H2. The van der Waals surface area contributed by atoms with E-state index in [4.69, 9.17) is 0 Å². The molecule has 12 heteroatoms. The largest absolute Gasteiger partial charge is 0.523 e. The van der Waals surface area contributed by atoms with Crippen molar-refractivity contribution in [3.05, 3.63) is 28.2 Å². The molecule has 1 unspecified atom stereocenters. The van der Waals surface area contributed by atoms with Crippen LogP contribution in [0.4, 0.5) is 32.0 Å². The highest BCUT2D eigenvalue weighted by Crippen LogP contribution is 2.40. The molecule has 4 nitrogen and oxygen atoms in total. The number of nitrogens with zero attached hydrogens (tertiary/aromatic N) is 1. The third kappa shape index (κ3) is 3.91. The van der Waals surface area contributed by atoms with Crippen LogP contribution >= 0.6 is 15.9 Å². The van der Waals surface area contributed by atoms with Crippen LogP contribution in [0.3, 0.4) is 0 Å². The molecule has 0 saturated heterocycles. The summed E-state index contributed by atoms with van der Waals surface area (Å²) < 4.78 is 102. The lowest BCUT2D eigenvalue weighted by Crippen LogP contribution is -2.44. The van der Waals surface area contributed by atoms with Crippen molar-refractivity contribution >= 4 is 31.7 Å². The van der Waals surface area contributed by atoms with Crippen molar-refractivity contribution in [1.29, 1.82) is 0 Å². The topological polar surface area (TPSA) is 46.6 Å². The molecule has 0 N–H and O–H groups in total. The van der Waals surface area contributed by atoms with E-state index in [-0.39, 0.29) is 11.3 Å². The second kappa shape index (κ2) is 5.81. The van der Waals surface area contributed by atoms with Gasteiger partial charge in [-0.25, -0.2) is 4.18 Å². The molecule has 23 heavy (non-hydrogen) atoms. The van der Waals surface area contributed by atoms with Gasteiger partial charge in [-0.05, 0) is 17.7 Å². The third-order valence-corrected chi connectivity index (χ3v) is 4.79. The zero-order chi connectivity index (χ0) is 17.6. The zero-order valence-electron chi connectivity index (χ0n) is 10.9.